The van der Waals surface area contributed by atoms with Gasteiger partial charge in [0.2, 0.25) is 5.91 Å². The van der Waals surface area contributed by atoms with Crippen LogP contribution in [0.4, 0.5) is 0 Å². The highest BCUT2D eigenvalue weighted by molar-refractivity contribution is 7.80. The molecule has 2 aliphatic rings. The van der Waals surface area contributed by atoms with E-state index in [1.165, 1.54) is 19.3 Å². The molecule has 0 spiro atoms. The molecule has 3 atom stereocenters. The van der Waals surface area contributed by atoms with Crippen LogP contribution in [0.15, 0.2) is 0 Å². The van der Waals surface area contributed by atoms with E-state index in [1.807, 2.05) is 0 Å². The van der Waals surface area contributed by atoms with Crippen molar-refractivity contribution in [2.45, 2.75) is 45.1 Å². The smallest absolute Gasteiger partial charge is 0.223 e. The second kappa shape index (κ2) is 4.70. The van der Waals surface area contributed by atoms with Gasteiger partial charge in [-0.1, -0.05) is 25.6 Å². The van der Waals surface area contributed by atoms with Crippen LogP contribution >= 0.6 is 12.2 Å². The molecule has 2 saturated carbocycles. The average molecular weight is 240 g/mol. The Labute approximate surface area is 102 Å². The molecule has 0 aromatic carbocycles. The van der Waals surface area contributed by atoms with Crippen LogP contribution in [-0.2, 0) is 4.79 Å². The molecule has 4 heteroatoms. The van der Waals surface area contributed by atoms with Crippen LogP contribution in [0.1, 0.15) is 39.0 Å². The molecule has 16 heavy (non-hydrogen) atoms. The minimum absolute atomic E-state index is 0.131. The average Bonchev–Trinajstić information content (AvgIpc) is 2.71. The Morgan fingerprint density at radius 1 is 1.50 bits per heavy atom. The molecule has 0 heterocycles. The maximum Gasteiger partial charge on any atom is 0.223 e. The third kappa shape index (κ3) is 2.37. The third-order valence-corrected chi connectivity index (χ3v) is 4.16. The van der Waals surface area contributed by atoms with Gasteiger partial charge >= 0.3 is 0 Å². The number of hydrogen-bond donors (Lipinski definition) is 2. The molecule has 0 aromatic heterocycles. The molecule has 90 valence electrons. The fourth-order valence-electron chi connectivity index (χ4n) is 3.05. The molecule has 0 radical (unpaired) electrons. The van der Waals surface area contributed by atoms with Gasteiger partial charge in [0.1, 0.15) is 0 Å². The minimum Gasteiger partial charge on any atom is -0.393 e. The van der Waals surface area contributed by atoms with E-state index in [2.05, 4.69) is 12.2 Å². The molecule has 3 unspecified atom stereocenters. The molecule has 2 rings (SSSR count). The van der Waals surface area contributed by atoms with Crippen LogP contribution in [-0.4, -0.2) is 16.9 Å². The highest BCUT2D eigenvalue weighted by Crippen LogP contribution is 2.57. The normalized spacial score (nSPS) is 32.9. The Morgan fingerprint density at radius 2 is 2.12 bits per heavy atom. The highest BCUT2D eigenvalue weighted by Gasteiger charge is 2.56. The molecule has 0 aromatic rings. The molecule has 3 N–H and O–H groups in total. The third-order valence-electron chi connectivity index (χ3n) is 4.00. The van der Waals surface area contributed by atoms with E-state index < -0.39 is 0 Å². The standard InChI is InChI=1S/C12H20N2OS/c1-2-7(6-10(13)16)14-12(15)11-8-4-3-5-9(8)11/h7-9,11H,2-6H2,1H3,(H2,13,16)(H,14,15). The Balaban J connectivity index is 1.80. The Morgan fingerprint density at radius 3 is 2.62 bits per heavy atom. The lowest BCUT2D eigenvalue weighted by Crippen LogP contribution is -2.38. The zero-order valence-electron chi connectivity index (χ0n) is 9.74. The van der Waals surface area contributed by atoms with Gasteiger partial charge in [0.05, 0.1) is 4.99 Å². The number of nitrogens with one attached hydrogen (secondary N) is 1. The molecular formula is C12H20N2OS. The van der Waals surface area contributed by atoms with Gasteiger partial charge in [-0.15, -0.1) is 0 Å². The maximum absolute atomic E-state index is 12.0. The van der Waals surface area contributed by atoms with Crippen molar-refractivity contribution in [3.8, 4) is 0 Å². The number of fused-ring (bicyclic) bond motifs is 1. The van der Waals surface area contributed by atoms with Crippen LogP contribution in [0.25, 0.3) is 0 Å². The monoisotopic (exact) mass is 240 g/mol. The van der Waals surface area contributed by atoms with Crippen LogP contribution in [0.3, 0.4) is 0 Å². The van der Waals surface area contributed by atoms with E-state index in [0.29, 0.717) is 29.2 Å². The predicted octanol–water partition coefficient (Wildman–Crippen LogP) is 1.60. The summed E-state index contributed by atoms with van der Waals surface area (Å²) in [4.78, 5) is 12.5. The number of amides is 1. The molecule has 0 saturated heterocycles. The van der Waals surface area contributed by atoms with E-state index in [0.717, 1.165) is 6.42 Å². The van der Waals surface area contributed by atoms with Gasteiger partial charge in [0.25, 0.3) is 0 Å². The number of rotatable bonds is 5. The summed E-state index contributed by atoms with van der Waals surface area (Å²) < 4.78 is 0. The van der Waals surface area contributed by atoms with Crippen LogP contribution in [0, 0.1) is 17.8 Å². The van der Waals surface area contributed by atoms with Crippen molar-refractivity contribution in [3.05, 3.63) is 0 Å². The van der Waals surface area contributed by atoms with Crippen molar-refractivity contribution >= 4 is 23.1 Å². The van der Waals surface area contributed by atoms with E-state index in [-0.39, 0.29) is 11.9 Å². The SMILES string of the molecule is CCC(CC(N)=S)NC(=O)C1C2CCCC21. The summed E-state index contributed by atoms with van der Waals surface area (Å²) in [6.07, 6.45) is 5.32. The van der Waals surface area contributed by atoms with E-state index in [1.54, 1.807) is 0 Å². The first-order valence-electron chi connectivity index (χ1n) is 6.22. The Bertz CT molecular complexity index is 295. The largest absolute Gasteiger partial charge is 0.393 e. The second-order valence-corrected chi connectivity index (χ2v) is 5.59. The predicted molar refractivity (Wildman–Crippen MR) is 67.9 cm³/mol. The molecule has 0 bridgehead atoms. The van der Waals surface area contributed by atoms with Crippen molar-refractivity contribution in [2.24, 2.45) is 23.5 Å². The van der Waals surface area contributed by atoms with Crippen molar-refractivity contribution in [1.29, 1.82) is 0 Å². The van der Waals surface area contributed by atoms with Crippen LogP contribution in [0.5, 0.6) is 0 Å². The number of thiocarbonyl (C=S) groups is 1. The number of hydrogen-bond acceptors (Lipinski definition) is 2. The van der Waals surface area contributed by atoms with Gasteiger partial charge in [-0.2, -0.15) is 0 Å². The van der Waals surface area contributed by atoms with Gasteiger partial charge < -0.3 is 11.1 Å². The summed E-state index contributed by atoms with van der Waals surface area (Å²) in [5, 5.41) is 3.08. The molecule has 2 fully saturated rings. The zero-order chi connectivity index (χ0) is 11.7. The second-order valence-electron chi connectivity index (χ2n) is 5.07. The van der Waals surface area contributed by atoms with E-state index in [4.69, 9.17) is 18.0 Å². The molecule has 0 aliphatic heterocycles. The lowest BCUT2D eigenvalue weighted by molar-refractivity contribution is -0.123. The van der Waals surface area contributed by atoms with Crippen LogP contribution < -0.4 is 11.1 Å². The first-order chi connectivity index (χ1) is 7.63. The first-order valence-corrected chi connectivity index (χ1v) is 6.63. The first kappa shape index (κ1) is 11.8. The minimum atomic E-state index is 0.131. The Kier molecular flexibility index (Phi) is 3.47. The zero-order valence-corrected chi connectivity index (χ0v) is 10.6. The summed E-state index contributed by atoms with van der Waals surface area (Å²) >= 11 is 4.88. The van der Waals surface area contributed by atoms with Crippen molar-refractivity contribution in [2.75, 3.05) is 0 Å². The summed E-state index contributed by atoms with van der Waals surface area (Å²) in [6.45, 7) is 2.05. The van der Waals surface area contributed by atoms with Gasteiger partial charge in [0.15, 0.2) is 0 Å². The fraction of sp³-hybridized carbons (Fsp3) is 0.833. The van der Waals surface area contributed by atoms with Crippen molar-refractivity contribution in [3.63, 3.8) is 0 Å². The number of carbonyl (C=O) groups excluding carboxylic acids is 1. The van der Waals surface area contributed by atoms with Gasteiger partial charge in [-0.25, -0.2) is 0 Å². The van der Waals surface area contributed by atoms with Crippen LogP contribution in [0.2, 0.25) is 0 Å². The fourth-order valence-corrected chi connectivity index (χ4v) is 3.25. The van der Waals surface area contributed by atoms with Crippen molar-refractivity contribution in [1.82, 2.24) is 5.32 Å². The summed E-state index contributed by atoms with van der Waals surface area (Å²) in [5.41, 5.74) is 5.51. The lowest BCUT2D eigenvalue weighted by atomic mass is 10.1. The maximum atomic E-state index is 12.0. The summed E-state index contributed by atoms with van der Waals surface area (Å²) in [5.74, 6) is 1.90. The molecule has 1 amide bonds. The number of nitrogens with two attached hydrogens (primary N) is 1. The molecular weight excluding hydrogens is 220 g/mol. The van der Waals surface area contributed by atoms with E-state index in [9.17, 15) is 4.79 Å². The summed E-state index contributed by atoms with van der Waals surface area (Å²) in [6, 6.07) is 0.131. The quantitative estimate of drug-likeness (QED) is 0.718. The molecule has 3 nitrogen and oxygen atoms in total. The van der Waals surface area contributed by atoms with Gasteiger partial charge in [-0.3, -0.25) is 4.79 Å². The van der Waals surface area contributed by atoms with E-state index >= 15 is 0 Å². The van der Waals surface area contributed by atoms with Gasteiger partial charge in [-0.05, 0) is 31.1 Å². The summed E-state index contributed by atoms with van der Waals surface area (Å²) in [7, 11) is 0. The van der Waals surface area contributed by atoms with Crippen molar-refractivity contribution < 1.29 is 4.79 Å². The molecule has 2 aliphatic carbocycles. The number of carbonyl (C=O) groups is 1. The highest BCUT2D eigenvalue weighted by atomic mass is 32.1. The topological polar surface area (TPSA) is 55.1 Å². The van der Waals surface area contributed by atoms with Gasteiger partial charge in [0, 0.05) is 18.4 Å². The lowest BCUT2D eigenvalue weighted by Gasteiger charge is -2.16. The Hall–Kier alpha value is -0.640.